The van der Waals surface area contributed by atoms with Gasteiger partial charge < -0.3 is 9.47 Å². The van der Waals surface area contributed by atoms with Crippen molar-refractivity contribution in [1.82, 2.24) is 0 Å². The van der Waals surface area contributed by atoms with Gasteiger partial charge in [-0.3, -0.25) is 4.18 Å². The maximum Gasteiger partial charge on any atom is 0.264 e. The van der Waals surface area contributed by atoms with E-state index in [1.54, 1.807) is 13.8 Å². The first-order chi connectivity index (χ1) is 6.52. The standard InChI is InChI=1S/C9H18O5S/c1-8(2)7(6-12-15(5,10)11)13-9(3,4)14-8/h7H,6H2,1-5H3/t7-/m1/s1. The van der Waals surface area contributed by atoms with Crippen LogP contribution in [-0.4, -0.2) is 38.8 Å². The van der Waals surface area contributed by atoms with Gasteiger partial charge >= 0.3 is 0 Å². The predicted octanol–water partition coefficient (Wildman–Crippen LogP) is 0.893. The highest BCUT2D eigenvalue weighted by Crippen LogP contribution is 2.36. The van der Waals surface area contributed by atoms with Crippen molar-refractivity contribution in [2.24, 2.45) is 0 Å². The van der Waals surface area contributed by atoms with Crippen molar-refractivity contribution < 1.29 is 22.1 Å². The zero-order chi connectivity index (χ0) is 11.9. The Balaban J connectivity index is 2.64. The van der Waals surface area contributed by atoms with Crippen LogP contribution in [0.4, 0.5) is 0 Å². The Labute approximate surface area is 90.8 Å². The number of ether oxygens (including phenoxy) is 2. The van der Waals surface area contributed by atoms with Gasteiger partial charge in [0.25, 0.3) is 10.1 Å². The minimum absolute atomic E-state index is 0.0186. The molecule has 1 aliphatic heterocycles. The van der Waals surface area contributed by atoms with Gasteiger partial charge in [0, 0.05) is 0 Å². The summed E-state index contributed by atoms with van der Waals surface area (Å²) >= 11 is 0. The van der Waals surface area contributed by atoms with Crippen molar-refractivity contribution in [3.63, 3.8) is 0 Å². The normalized spacial score (nSPS) is 29.3. The summed E-state index contributed by atoms with van der Waals surface area (Å²) in [7, 11) is -3.43. The smallest absolute Gasteiger partial charge is 0.264 e. The van der Waals surface area contributed by atoms with Crippen LogP contribution in [0, 0.1) is 0 Å². The molecule has 1 heterocycles. The Bertz CT molecular complexity index is 330. The molecule has 0 aromatic rings. The van der Waals surface area contributed by atoms with E-state index in [0.717, 1.165) is 6.26 Å². The molecule has 0 unspecified atom stereocenters. The second-order valence-corrected chi connectivity index (χ2v) is 6.34. The van der Waals surface area contributed by atoms with Crippen molar-refractivity contribution in [3.05, 3.63) is 0 Å². The monoisotopic (exact) mass is 238 g/mol. The molecule has 1 atom stereocenters. The first-order valence-electron chi connectivity index (χ1n) is 4.74. The highest BCUT2D eigenvalue weighted by molar-refractivity contribution is 7.85. The van der Waals surface area contributed by atoms with Crippen molar-refractivity contribution in [1.29, 1.82) is 0 Å². The first-order valence-corrected chi connectivity index (χ1v) is 6.56. The van der Waals surface area contributed by atoms with E-state index < -0.39 is 21.5 Å². The molecule has 0 N–H and O–H groups in total. The Morgan fingerprint density at radius 2 is 1.80 bits per heavy atom. The molecule has 0 bridgehead atoms. The summed E-state index contributed by atoms with van der Waals surface area (Å²) in [5.74, 6) is -0.699. The summed E-state index contributed by atoms with van der Waals surface area (Å²) in [5, 5.41) is 0. The summed E-state index contributed by atoms with van der Waals surface area (Å²) < 4.78 is 37.6. The molecule has 0 aliphatic carbocycles. The van der Waals surface area contributed by atoms with Gasteiger partial charge in [-0.15, -0.1) is 0 Å². The lowest BCUT2D eigenvalue weighted by Gasteiger charge is -2.23. The van der Waals surface area contributed by atoms with E-state index in [1.807, 2.05) is 13.8 Å². The summed E-state index contributed by atoms with van der Waals surface area (Å²) in [5.41, 5.74) is -0.547. The fraction of sp³-hybridized carbons (Fsp3) is 1.00. The fourth-order valence-corrected chi connectivity index (χ4v) is 2.00. The molecule has 6 heteroatoms. The zero-order valence-electron chi connectivity index (χ0n) is 9.73. The van der Waals surface area contributed by atoms with E-state index in [-0.39, 0.29) is 12.7 Å². The minimum atomic E-state index is -3.43. The fourth-order valence-electron chi connectivity index (χ4n) is 1.63. The van der Waals surface area contributed by atoms with Crippen LogP contribution in [0.25, 0.3) is 0 Å². The predicted molar refractivity (Wildman–Crippen MR) is 54.9 cm³/mol. The maximum absolute atomic E-state index is 10.8. The van der Waals surface area contributed by atoms with Crippen LogP contribution in [0.2, 0.25) is 0 Å². The van der Waals surface area contributed by atoms with Crippen molar-refractivity contribution >= 4 is 10.1 Å². The van der Waals surface area contributed by atoms with Crippen LogP contribution >= 0.6 is 0 Å². The van der Waals surface area contributed by atoms with E-state index >= 15 is 0 Å². The third kappa shape index (κ3) is 3.71. The molecule has 0 radical (unpaired) electrons. The van der Waals surface area contributed by atoms with E-state index in [1.165, 1.54) is 0 Å². The van der Waals surface area contributed by atoms with Crippen molar-refractivity contribution in [2.45, 2.75) is 45.2 Å². The topological polar surface area (TPSA) is 61.8 Å². The summed E-state index contributed by atoms with van der Waals surface area (Å²) in [4.78, 5) is 0. The molecule has 90 valence electrons. The Hall–Kier alpha value is -0.170. The van der Waals surface area contributed by atoms with E-state index in [0.29, 0.717) is 0 Å². The second kappa shape index (κ2) is 3.69. The van der Waals surface area contributed by atoms with Crippen LogP contribution in [0.3, 0.4) is 0 Å². The van der Waals surface area contributed by atoms with Gasteiger partial charge in [-0.2, -0.15) is 8.42 Å². The molecule has 0 aromatic heterocycles. The molecule has 0 spiro atoms. The molecular weight excluding hydrogens is 220 g/mol. The molecule has 0 aromatic carbocycles. The number of hydrogen-bond donors (Lipinski definition) is 0. The Morgan fingerprint density at radius 1 is 1.27 bits per heavy atom. The van der Waals surface area contributed by atoms with Gasteiger partial charge in [0.1, 0.15) is 6.10 Å². The lowest BCUT2D eigenvalue weighted by Crippen LogP contribution is -2.37. The summed E-state index contributed by atoms with van der Waals surface area (Å²) in [6.45, 7) is 7.25. The van der Waals surface area contributed by atoms with Gasteiger partial charge in [0.15, 0.2) is 5.79 Å². The van der Waals surface area contributed by atoms with E-state index in [2.05, 4.69) is 0 Å². The van der Waals surface area contributed by atoms with Gasteiger partial charge in [-0.1, -0.05) is 0 Å². The third-order valence-electron chi connectivity index (χ3n) is 2.14. The molecule has 0 saturated carbocycles. The maximum atomic E-state index is 10.8. The molecule has 0 amide bonds. The molecule has 1 fully saturated rings. The molecule has 1 aliphatic rings. The average Bonchev–Trinajstić information content (AvgIpc) is 2.13. The van der Waals surface area contributed by atoms with Crippen LogP contribution in [0.5, 0.6) is 0 Å². The first kappa shape index (κ1) is 12.9. The van der Waals surface area contributed by atoms with Crippen molar-refractivity contribution in [3.8, 4) is 0 Å². The Morgan fingerprint density at radius 3 is 2.13 bits per heavy atom. The van der Waals surface area contributed by atoms with E-state index in [9.17, 15) is 8.42 Å². The van der Waals surface area contributed by atoms with Gasteiger partial charge in [0.2, 0.25) is 0 Å². The van der Waals surface area contributed by atoms with Gasteiger partial charge in [-0.25, -0.2) is 0 Å². The van der Waals surface area contributed by atoms with Gasteiger partial charge in [0.05, 0.1) is 18.5 Å². The summed E-state index contributed by atoms with van der Waals surface area (Å²) in [6.07, 6.45) is 0.628. The highest BCUT2D eigenvalue weighted by atomic mass is 32.2. The van der Waals surface area contributed by atoms with Crippen LogP contribution < -0.4 is 0 Å². The second-order valence-electron chi connectivity index (χ2n) is 4.70. The molecule has 15 heavy (non-hydrogen) atoms. The Kier molecular flexibility index (Phi) is 3.17. The van der Waals surface area contributed by atoms with Crippen LogP contribution in [0.1, 0.15) is 27.7 Å². The quantitative estimate of drug-likeness (QED) is 0.683. The average molecular weight is 238 g/mol. The van der Waals surface area contributed by atoms with Crippen LogP contribution in [-0.2, 0) is 23.8 Å². The number of hydrogen-bond acceptors (Lipinski definition) is 5. The highest BCUT2D eigenvalue weighted by Gasteiger charge is 2.47. The lowest BCUT2D eigenvalue weighted by molar-refractivity contribution is -0.158. The largest absolute Gasteiger partial charge is 0.342 e. The third-order valence-corrected chi connectivity index (χ3v) is 2.71. The molecule has 1 rings (SSSR count). The zero-order valence-corrected chi connectivity index (χ0v) is 10.6. The number of rotatable bonds is 3. The SMILES string of the molecule is CC1(C)O[C@H](COS(C)(=O)=O)C(C)(C)O1. The summed E-state index contributed by atoms with van der Waals surface area (Å²) in [6, 6.07) is 0. The molecule has 5 nitrogen and oxygen atoms in total. The van der Waals surface area contributed by atoms with Crippen molar-refractivity contribution in [2.75, 3.05) is 12.9 Å². The van der Waals surface area contributed by atoms with Crippen LogP contribution in [0.15, 0.2) is 0 Å². The lowest BCUT2D eigenvalue weighted by atomic mass is 10.0. The molecule has 1 saturated heterocycles. The molecular formula is C9H18O5S. The van der Waals surface area contributed by atoms with Gasteiger partial charge in [-0.05, 0) is 27.7 Å². The van der Waals surface area contributed by atoms with E-state index in [4.69, 9.17) is 13.7 Å². The minimum Gasteiger partial charge on any atom is -0.342 e.